The number of aliphatic hydroxyl groups excluding tert-OH is 9. The predicted molar refractivity (Wildman–Crippen MR) is 146 cm³/mol. The molecule has 0 aromatic rings. The van der Waals surface area contributed by atoms with Crippen molar-refractivity contribution in [3.63, 3.8) is 0 Å². The topological polar surface area (TPSA) is 333 Å². The number of hydrogen-bond acceptors (Lipinski definition) is 18. The van der Waals surface area contributed by atoms with Crippen LogP contribution in [0.15, 0.2) is 0 Å². The maximum atomic E-state index is 12.3. The molecule has 21 nitrogen and oxygen atoms in total. The highest BCUT2D eigenvalue weighted by Gasteiger charge is 2.54. The molecule has 3 aliphatic heterocycles. The number of ether oxygens (including phenoxy) is 6. The summed E-state index contributed by atoms with van der Waals surface area (Å²) in [6.07, 6.45) is -25.4. The average molecular weight is 689 g/mol. The summed E-state index contributed by atoms with van der Waals surface area (Å²) in [5.41, 5.74) is 0. The number of aliphatic hydroxyl groups is 9. The molecule has 21 heteroatoms. The Morgan fingerprint density at radius 3 is 1.79 bits per heavy atom. The van der Waals surface area contributed by atoms with Gasteiger partial charge >= 0.3 is 5.97 Å². The molecule has 0 radical (unpaired) electrons. The van der Waals surface area contributed by atoms with Gasteiger partial charge in [0.05, 0.1) is 25.9 Å². The number of carbonyl (C=O) groups excluding carboxylic acids is 2. The Hall–Kier alpha value is -2.19. The van der Waals surface area contributed by atoms with Gasteiger partial charge in [0.2, 0.25) is 11.8 Å². The maximum absolute atomic E-state index is 12.3. The van der Waals surface area contributed by atoms with Crippen LogP contribution in [-0.4, -0.2) is 193 Å². The first kappa shape index (κ1) is 39.3. The second-order valence-corrected chi connectivity index (χ2v) is 11.4. The van der Waals surface area contributed by atoms with Crippen LogP contribution in [0.25, 0.3) is 0 Å². The molecule has 0 aromatic heterocycles. The van der Waals surface area contributed by atoms with Gasteiger partial charge in [-0.05, 0) is 6.92 Å². The van der Waals surface area contributed by atoms with E-state index in [1.54, 1.807) is 0 Å². The highest BCUT2D eigenvalue weighted by molar-refractivity contribution is 5.74. The first-order valence-electron chi connectivity index (χ1n) is 14.7. The van der Waals surface area contributed by atoms with Gasteiger partial charge in [0.1, 0.15) is 73.1 Å². The second-order valence-electron chi connectivity index (χ2n) is 11.4. The molecule has 0 saturated carbocycles. The van der Waals surface area contributed by atoms with Gasteiger partial charge in [0.25, 0.3) is 0 Å². The molecule has 272 valence electrons. The van der Waals surface area contributed by atoms with E-state index in [2.05, 4.69) is 10.6 Å². The number of aliphatic carboxylic acids is 1. The lowest BCUT2D eigenvalue weighted by molar-refractivity contribution is -0.360. The highest BCUT2D eigenvalue weighted by atomic mass is 16.7. The lowest BCUT2D eigenvalue weighted by Crippen LogP contribution is -2.70. The highest BCUT2D eigenvalue weighted by Crippen LogP contribution is 2.33. The molecule has 17 atom stereocenters. The molecule has 3 rings (SSSR count). The standard InChI is InChI=1S/C26H44N2O19/c1-7-15(34)19(38)20(39)26(42-7)47-22-14(28-9(3)33)25(43-10(4-29)16(22)35)46-21-12(6-31)45-24(13(18(21)37)27-8(2)32)44-11(5-30)17(36)23(40)41/h7,10-22,24-26,29-31,34-39H,4-6H2,1-3H3,(H,27,32)(H,28,33)(H,40,41)/t7-,10+,11+,12+,13+,14+,15+,16+,17+,18+,19+,20-,21+,22+,24+,25+,26-/m0/s1. The number of carbonyl (C=O) groups is 3. The monoisotopic (exact) mass is 688 g/mol. The first-order valence-corrected chi connectivity index (χ1v) is 14.7. The van der Waals surface area contributed by atoms with Crippen molar-refractivity contribution in [2.24, 2.45) is 0 Å². The van der Waals surface area contributed by atoms with Gasteiger partial charge in [-0.1, -0.05) is 0 Å². The van der Waals surface area contributed by atoms with Crippen LogP contribution in [0.4, 0.5) is 0 Å². The number of nitrogens with one attached hydrogen (secondary N) is 2. The minimum absolute atomic E-state index is 0.722. The Kier molecular flexibility index (Phi) is 14.2. The average Bonchev–Trinajstić information content (AvgIpc) is 3.01. The smallest absolute Gasteiger partial charge is 0.335 e. The van der Waals surface area contributed by atoms with Gasteiger partial charge in [-0.15, -0.1) is 0 Å². The van der Waals surface area contributed by atoms with Crippen molar-refractivity contribution in [2.45, 2.75) is 125 Å². The normalized spacial score (nSPS) is 42.3. The molecule has 47 heavy (non-hydrogen) atoms. The molecule has 3 fully saturated rings. The van der Waals surface area contributed by atoms with Crippen LogP contribution >= 0.6 is 0 Å². The van der Waals surface area contributed by atoms with Crippen molar-refractivity contribution < 1.29 is 93.9 Å². The van der Waals surface area contributed by atoms with Gasteiger partial charge in [-0.3, -0.25) is 9.59 Å². The van der Waals surface area contributed by atoms with Crippen LogP contribution in [0.3, 0.4) is 0 Å². The lowest BCUT2D eigenvalue weighted by atomic mass is 9.94. The fourth-order valence-corrected chi connectivity index (χ4v) is 5.46. The lowest BCUT2D eigenvalue weighted by Gasteiger charge is -2.50. The summed E-state index contributed by atoms with van der Waals surface area (Å²) in [5, 5.41) is 107. The van der Waals surface area contributed by atoms with Crippen LogP contribution in [-0.2, 0) is 42.8 Å². The predicted octanol–water partition coefficient (Wildman–Crippen LogP) is -7.43. The van der Waals surface area contributed by atoms with Crippen molar-refractivity contribution in [1.82, 2.24) is 10.6 Å². The number of carboxylic acid groups (broad SMARTS) is 1. The largest absolute Gasteiger partial charge is 0.479 e. The summed E-state index contributed by atoms with van der Waals surface area (Å²) in [4.78, 5) is 35.6. The Morgan fingerprint density at radius 2 is 1.26 bits per heavy atom. The fourth-order valence-electron chi connectivity index (χ4n) is 5.46. The van der Waals surface area contributed by atoms with Crippen LogP contribution in [0.1, 0.15) is 20.8 Å². The van der Waals surface area contributed by atoms with E-state index in [1.165, 1.54) is 6.92 Å². The Labute approximate surface area is 267 Å². The molecular weight excluding hydrogens is 644 g/mol. The van der Waals surface area contributed by atoms with Gasteiger partial charge < -0.3 is 90.1 Å². The third-order valence-corrected chi connectivity index (χ3v) is 7.93. The Morgan fingerprint density at radius 1 is 0.702 bits per heavy atom. The summed E-state index contributed by atoms with van der Waals surface area (Å²) < 4.78 is 33.9. The van der Waals surface area contributed by atoms with E-state index in [0.717, 1.165) is 13.8 Å². The van der Waals surface area contributed by atoms with Crippen molar-refractivity contribution in [3.8, 4) is 0 Å². The summed E-state index contributed by atoms with van der Waals surface area (Å²) in [6, 6.07) is -3.12. The van der Waals surface area contributed by atoms with Gasteiger partial charge in [-0.2, -0.15) is 0 Å². The SMILES string of the molecule is CC(=O)N[C@H]1[C@H](O[C@H](CO)[C@@H](O)C(=O)O)O[C@H](CO)[C@@H](O[C@H]2O[C@H](CO)[C@@H](O)[C@H](O[C@@H]3O[C@@H](C)[C@@H](O)[C@@H](O)[C@@H]3O)[C@H]2NC(C)=O)[C@@H]1O. The molecule has 3 heterocycles. The van der Waals surface area contributed by atoms with E-state index in [-0.39, 0.29) is 0 Å². The fraction of sp³-hybridized carbons (Fsp3) is 0.885. The van der Waals surface area contributed by atoms with Crippen LogP contribution in [0, 0.1) is 0 Å². The van der Waals surface area contributed by atoms with Gasteiger partial charge in [-0.25, -0.2) is 4.79 Å². The van der Waals surface area contributed by atoms with E-state index in [1.807, 2.05) is 0 Å². The third-order valence-electron chi connectivity index (χ3n) is 7.93. The minimum atomic E-state index is -2.26. The second kappa shape index (κ2) is 17.0. The van der Waals surface area contributed by atoms with Crippen LogP contribution < -0.4 is 10.6 Å². The summed E-state index contributed by atoms with van der Waals surface area (Å²) in [5.74, 6) is -3.24. The molecule has 0 spiro atoms. The molecule has 0 aliphatic carbocycles. The third kappa shape index (κ3) is 9.09. The minimum Gasteiger partial charge on any atom is -0.479 e. The van der Waals surface area contributed by atoms with Crippen molar-refractivity contribution in [1.29, 1.82) is 0 Å². The van der Waals surface area contributed by atoms with E-state index in [0.29, 0.717) is 0 Å². The first-order chi connectivity index (χ1) is 22.1. The molecule has 12 N–H and O–H groups in total. The summed E-state index contributed by atoms with van der Waals surface area (Å²) in [6.45, 7) is 0.707. The summed E-state index contributed by atoms with van der Waals surface area (Å²) in [7, 11) is 0. The quantitative estimate of drug-likeness (QED) is 0.0854. The van der Waals surface area contributed by atoms with Crippen LogP contribution in [0.5, 0.6) is 0 Å². The van der Waals surface area contributed by atoms with E-state index >= 15 is 0 Å². The molecular formula is C26H44N2O19. The van der Waals surface area contributed by atoms with E-state index in [9.17, 15) is 60.3 Å². The maximum Gasteiger partial charge on any atom is 0.335 e. The molecule has 0 bridgehead atoms. The molecule has 0 aromatic carbocycles. The van der Waals surface area contributed by atoms with E-state index < -0.39 is 142 Å². The molecule has 2 amide bonds. The van der Waals surface area contributed by atoms with Crippen molar-refractivity contribution in [3.05, 3.63) is 0 Å². The number of hydrogen-bond donors (Lipinski definition) is 12. The zero-order valence-corrected chi connectivity index (χ0v) is 25.6. The van der Waals surface area contributed by atoms with Gasteiger partial charge in [0, 0.05) is 13.8 Å². The molecule has 0 unspecified atom stereocenters. The summed E-state index contributed by atoms with van der Waals surface area (Å²) >= 11 is 0. The molecule has 3 aliphatic rings. The number of carboxylic acids is 1. The molecule has 3 saturated heterocycles. The van der Waals surface area contributed by atoms with E-state index in [4.69, 9.17) is 33.5 Å². The Balaban J connectivity index is 1.94. The van der Waals surface area contributed by atoms with Crippen molar-refractivity contribution in [2.75, 3.05) is 19.8 Å². The zero-order chi connectivity index (χ0) is 35.3. The number of rotatable bonds is 13. The van der Waals surface area contributed by atoms with Gasteiger partial charge in [0.15, 0.2) is 25.0 Å². The van der Waals surface area contributed by atoms with Crippen LogP contribution in [0.2, 0.25) is 0 Å². The zero-order valence-electron chi connectivity index (χ0n) is 25.6. The van der Waals surface area contributed by atoms with Crippen molar-refractivity contribution >= 4 is 17.8 Å². The number of amides is 2. The Bertz CT molecular complexity index is 1060.